The fraction of sp³-hybridized carbons (Fsp3) is 0.250. The number of nitrogens with one attached hydrogen (secondary N) is 1. The van der Waals surface area contributed by atoms with Gasteiger partial charge in [0.15, 0.2) is 6.61 Å². The zero-order valence-corrected chi connectivity index (χ0v) is 20.6. The number of ether oxygens (including phenoxy) is 4. The molecule has 3 rings (SSSR count). The summed E-state index contributed by atoms with van der Waals surface area (Å²) in [5.74, 6) is 1.41. The van der Waals surface area contributed by atoms with Gasteiger partial charge < -0.3 is 18.9 Å². The van der Waals surface area contributed by atoms with E-state index in [9.17, 15) is 9.59 Å². The Labute approximate surface area is 210 Å². The third-order valence-corrected chi connectivity index (χ3v) is 4.85. The molecule has 1 N–H and O–H groups in total. The third-order valence-electron chi connectivity index (χ3n) is 4.85. The van der Waals surface area contributed by atoms with Crippen LogP contribution in [0.1, 0.15) is 35.3 Å². The number of amides is 1. The molecular weight excluding hydrogens is 460 g/mol. The van der Waals surface area contributed by atoms with E-state index in [-0.39, 0.29) is 31.0 Å². The topological polar surface area (TPSA) is 95.5 Å². The van der Waals surface area contributed by atoms with Crippen molar-refractivity contribution in [3.63, 3.8) is 0 Å². The van der Waals surface area contributed by atoms with E-state index in [1.54, 1.807) is 49.6 Å². The standard InChI is InChI=1S/C28H30N2O6/c1-20(2)17-36-28(32)22-10-12-25(13-11-22)34-18-23-15-21(9-14-26(23)33-3)16-29-30-27(31)19-35-24-7-5-4-6-8-24/h4-16,20H,17-19H2,1-3H3,(H,30,31)/b29-16+. The number of benzene rings is 3. The first-order valence-electron chi connectivity index (χ1n) is 11.5. The van der Waals surface area contributed by atoms with Crippen molar-refractivity contribution in [1.29, 1.82) is 0 Å². The lowest BCUT2D eigenvalue weighted by Gasteiger charge is -2.12. The smallest absolute Gasteiger partial charge is 0.338 e. The van der Waals surface area contributed by atoms with Crippen LogP contribution < -0.4 is 19.6 Å². The van der Waals surface area contributed by atoms with E-state index >= 15 is 0 Å². The second-order valence-electron chi connectivity index (χ2n) is 8.27. The first kappa shape index (κ1) is 26.3. The molecule has 3 aromatic rings. The van der Waals surface area contributed by atoms with Crippen LogP contribution in [0.5, 0.6) is 17.2 Å². The summed E-state index contributed by atoms with van der Waals surface area (Å²) in [5, 5.41) is 3.99. The average Bonchev–Trinajstić information content (AvgIpc) is 2.90. The molecule has 0 heterocycles. The molecule has 0 aliphatic heterocycles. The minimum atomic E-state index is -0.372. The first-order chi connectivity index (χ1) is 17.4. The quantitative estimate of drug-likeness (QED) is 0.226. The zero-order valence-electron chi connectivity index (χ0n) is 20.6. The van der Waals surface area contributed by atoms with Gasteiger partial charge in [0.2, 0.25) is 0 Å². The Morgan fingerprint density at radius 1 is 0.944 bits per heavy atom. The molecule has 0 radical (unpaired) electrons. The van der Waals surface area contributed by atoms with Gasteiger partial charge in [-0.25, -0.2) is 10.2 Å². The van der Waals surface area contributed by atoms with Gasteiger partial charge in [0.05, 0.1) is 25.5 Å². The molecule has 3 aromatic carbocycles. The molecule has 0 aliphatic rings. The van der Waals surface area contributed by atoms with Gasteiger partial charge in [0.25, 0.3) is 5.91 Å². The van der Waals surface area contributed by atoms with E-state index in [1.807, 2.05) is 44.2 Å². The van der Waals surface area contributed by atoms with Crippen molar-refractivity contribution in [2.24, 2.45) is 11.0 Å². The summed E-state index contributed by atoms with van der Waals surface area (Å²) in [4.78, 5) is 24.0. The van der Waals surface area contributed by atoms with E-state index in [4.69, 9.17) is 18.9 Å². The van der Waals surface area contributed by atoms with Crippen molar-refractivity contribution in [2.45, 2.75) is 20.5 Å². The lowest BCUT2D eigenvalue weighted by molar-refractivity contribution is -0.123. The number of carbonyl (C=O) groups is 2. The summed E-state index contributed by atoms with van der Waals surface area (Å²) >= 11 is 0. The second-order valence-corrected chi connectivity index (χ2v) is 8.27. The lowest BCUT2D eigenvalue weighted by atomic mass is 10.1. The van der Waals surface area contributed by atoms with Gasteiger partial charge in [0, 0.05) is 5.56 Å². The third kappa shape index (κ3) is 8.47. The number of nitrogens with zero attached hydrogens (tertiary/aromatic N) is 1. The van der Waals surface area contributed by atoms with Crippen LogP contribution in [-0.2, 0) is 16.1 Å². The molecule has 8 heteroatoms. The van der Waals surface area contributed by atoms with Crippen molar-refractivity contribution >= 4 is 18.1 Å². The lowest BCUT2D eigenvalue weighted by Crippen LogP contribution is -2.24. The van der Waals surface area contributed by atoms with Crippen LogP contribution in [0.25, 0.3) is 0 Å². The molecule has 1 amide bonds. The summed E-state index contributed by atoms with van der Waals surface area (Å²) in [5.41, 5.74) is 4.45. The molecule has 0 aromatic heterocycles. The molecule has 0 fully saturated rings. The highest BCUT2D eigenvalue weighted by atomic mass is 16.5. The van der Waals surface area contributed by atoms with Crippen molar-refractivity contribution in [1.82, 2.24) is 5.43 Å². The van der Waals surface area contributed by atoms with Crippen LogP contribution in [0.3, 0.4) is 0 Å². The Morgan fingerprint density at radius 3 is 2.36 bits per heavy atom. The fourth-order valence-corrected chi connectivity index (χ4v) is 3.04. The van der Waals surface area contributed by atoms with Gasteiger partial charge in [-0.2, -0.15) is 5.10 Å². The predicted molar refractivity (Wildman–Crippen MR) is 137 cm³/mol. The second kappa shape index (κ2) is 13.5. The molecule has 0 atom stereocenters. The maximum Gasteiger partial charge on any atom is 0.338 e. The van der Waals surface area contributed by atoms with E-state index < -0.39 is 0 Å². The molecule has 0 saturated carbocycles. The summed E-state index contributed by atoms with van der Waals surface area (Å²) in [7, 11) is 1.58. The van der Waals surface area contributed by atoms with Crippen LogP contribution in [0.15, 0.2) is 77.9 Å². The molecule has 8 nitrogen and oxygen atoms in total. The van der Waals surface area contributed by atoms with Crippen molar-refractivity contribution < 1.29 is 28.5 Å². The monoisotopic (exact) mass is 490 g/mol. The van der Waals surface area contributed by atoms with Crippen LogP contribution in [0, 0.1) is 5.92 Å². The van der Waals surface area contributed by atoms with Crippen LogP contribution in [0.2, 0.25) is 0 Å². The van der Waals surface area contributed by atoms with Gasteiger partial charge in [-0.15, -0.1) is 0 Å². The number of esters is 1. The van der Waals surface area contributed by atoms with Crippen molar-refractivity contribution in [3.05, 3.63) is 89.5 Å². The van der Waals surface area contributed by atoms with Crippen LogP contribution in [-0.4, -0.2) is 38.4 Å². The van der Waals surface area contributed by atoms with Crippen LogP contribution >= 0.6 is 0 Å². The predicted octanol–water partition coefficient (Wildman–Crippen LogP) is 4.62. The number of rotatable bonds is 12. The van der Waals surface area contributed by atoms with Crippen LogP contribution in [0.4, 0.5) is 0 Å². The SMILES string of the molecule is COc1ccc(/C=N/NC(=O)COc2ccccc2)cc1COc1ccc(C(=O)OCC(C)C)cc1. The normalized spacial score (nSPS) is 10.8. The summed E-state index contributed by atoms with van der Waals surface area (Å²) < 4.78 is 21.9. The number of hydrogen-bond acceptors (Lipinski definition) is 7. The molecule has 188 valence electrons. The molecule has 0 spiro atoms. The summed E-state index contributed by atoms with van der Waals surface area (Å²) in [6.45, 7) is 4.44. The highest BCUT2D eigenvalue weighted by molar-refractivity contribution is 5.89. The van der Waals surface area contributed by atoms with Gasteiger partial charge >= 0.3 is 5.97 Å². The van der Waals surface area contributed by atoms with Gasteiger partial charge in [0.1, 0.15) is 23.9 Å². The van der Waals surface area contributed by atoms with Gasteiger partial charge in [-0.3, -0.25) is 4.79 Å². The van der Waals surface area contributed by atoms with E-state index in [0.717, 1.165) is 11.1 Å². The Kier molecular flexibility index (Phi) is 9.88. The Hall–Kier alpha value is -4.33. The number of para-hydroxylation sites is 1. The number of hydrazone groups is 1. The highest BCUT2D eigenvalue weighted by Crippen LogP contribution is 2.22. The van der Waals surface area contributed by atoms with Gasteiger partial charge in [-0.05, 0) is 66.1 Å². The minimum Gasteiger partial charge on any atom is -0.496 e. The maximum atomic E-state index is 12.1. The van der Waals surface area contributed by atoms with E-state index in [0.29, 0.717) is 29.4 Å². The molecule has 0 saturated heterocycles. The number of hydrogen-bond donors (Lipinski definition) is 1. The Morgan fingerprint density at radius 2 is 1.67 bits per heavy atom. The fourth-order valence-electron chi connectivity index (χ4n) is 3.04. The molecule has 0 bridgehead atoms. The largest absolute Gasteiger partial charge is 0.496 e. The van der Waals surface area contributed by atoms with E-state index in [1.165, 1.54) is 6.21 Å². The number of carbonyl (C=O) groups excluding carboxylic acids is 2. The van der Waals surface area contributed by atoms with Gasteiger partial charge in [-0.1, -0.05) is 32.0 Å². The average molecular weight is 491 g/mol. The Bertz CT molecular complexity index is 1160. The molecule has 36 heavy (non-hydrogen) atoms. The van der Waals surface area contributed by atoms with E-state index in [2.05, 4.69) is 10.5 Å². The first-order valence-corrected chi connectivity index (χ1v) is 11.5. The summed E-state index contributed by atoms with van der Waals surface area (Å²) in [6.07, 6.45) is 1.53. The zero-order chi connectivity index (χ0) is 25.8. The molecule has 0 aliphatic carbocycles. The van der Waals surface area contributed by atoms with Crippen molar-refractivity contribution in [2.75, 3.05) is 20.3 Å². The number of methoxy groups -OCH3 is 1. The maximum absolute atomic E-state index is 12.1. The molecule has 0 unspecified atom stereocenters. The van der Waals surface area contributed by atoms with Crippen molar-refractivity contribution in [3.8, 4) is 17.2 Å². The Balaban J connectivity index is 1.53. The minimum absolute atomic E-state index is 0.142. The molecular formula is C28H30N2O6. The summed E-state index contributed by atoms with van der Waals surface area (Å²) in [6, 6.07) is 21.3. The highest BCUT2D eigenvalue weighted by Gasteiger charge is 2.10.